The first-order valence-electron chi connectivity index (χ1n) is 7.27. The fourth-order valence-electron chi connectivity index (χ4n) is 2.26. The Balaban J connectivity index is 2.02. The van der Waals surface area contributed by atoms with Crippen molar-refractivity contribution in [3.63, 3.8) is 0 Å². The number of halogens is 1. The maximum atomic E-state index is 5.91. The molecule has 2 aromatic rings. The van der Waals surface area contributed by atoms with E-state index < -0.39 is 0 Å². The molecule has 0 saturated carbocycles. The van der Waals surface area contributed by atoms with Crippen LogP contribution in [0.5, 0.6) is 5.75 Å². The summed E-state index contributed by atoms with van der Waals surface area (Å²) in [5, 5.41) is 3.33. The largest absolute Gasteiger partial charge is 0.489 e. The van der Waals surface area contributed by atoms with Gasteiger partial charge in [-0.1, -0.05) is 41.1 Å². The van der Waals surface area contributed by atoms with Gasteiger partial charge in [0.25, 0.3) is 0 Å². The average Bonchev–Trinajstić information content (AvgIpc) is 2.43. The minimum Gasteiger partial charge on any atom is -0.489 e. The van der Waals surface area contributed by atoms with Crippen molar-refractivity contribution in [3.05, 3.63) is 63.1 Å². The van der Waals surface area contributed by atoms with Crippen LogP contribution < -0.4 is 10.1 Å². The van der Waals surface area contributed by atoms with Crippen LogP contribution in [0.1, 0.15) is 29.2 Å². The van der Waals surface area contributed by atoms with Gasteiger partial charge in [-0.05, 0) is 55.3 Å². The molecule has 0 atom stereocenters. The van der Waals surface area contributed by atoms with Crippen LogP contribution in [0.2, 0.25) is 0 Å². The predicted molar refractivity (Wildman–Crippen MR) is 91.8 cm³/mol. The minimum atomic E-state index is 0.574. The molecule has 3 heteroatoms. The van der Waals surface area contributed by atoms with Gasteiger partial charge in [0.15, 0.2) is 0 Å². The summed E-state index contributed by atoms with van der Waals surface area (Å²) >= 11 is 3.63. The fourth-order valence-corrected chi connectivity index (χ4v) is 2.81. The van der Waals surface area contributed by atoms with Gasteiger partial charge >= 0.3 is 0 Å². The van der Waals surface area contributed by atoms with Crippen LogP contribution in [0, 0.1) is 13.8 Å². The van der Waals surface area contributed by atoms with E-state index >= 15 is 0 Å². The van der Waals surface area contributed by atoms with E-state index in [9.17, 15) is 0 Å². The van der Waals surface area contributed by atoms with Gasteiger partial charge in [0.2, 0.25) is 0 Å². The van der Waals surface area contributed by atoms with Crippen molar-refractivity contribution in [1.82, 2.24) is 5.32 Å². The molecule has 0 aromatic heterocycles. The summed E-state index contributed by atoms with van der Waals surface area (Å²) in [6.07, 6.45) is 0. The third-order valence-corrected chi connectivity index (χ3v) is 4.02. The molecule has 0 fully saturated rings. The second kappa shape index (κ2) is 7.62. The quantitative estimate of drug-likeness (QED) is 0.813. The molecular formula is C18H22BrNO. The van der Waals surface area contributed by atoms with Crippen molar-refractivity contribution >= 4 is 15.9 Å². The SMILES string of the molecule is CCNCc1ccc(COc2cc(C)cc(C)c2)c(Br)c1. The Hall–Kier alpha value is -1.32. The maximum absolute atomic E-state index is 5.91. The molecule has 0 aliphatic heterocycles. The second-order valence-corrected chi connectivity index (χ2v) is 6.17. The lowest BCUT2D eigenvalue weighted by atomic mass is 10.1. The van der Waals surface area contributed by atoms with E-state index in [2.05, 4.69) is 78.4 Å². The van der Waals surface area contributed by atoms with E-state index in [1.807, 2.05) is 0 Å². The number of rotatable bonds is 6. The summed E-state index contributed by atoms with van der Waals surface area (Å²) in [7, 11) is 0. The highest BCUT2D eigenvalue weighted by atomic mass is 79.9. The summed E-state index contributed by atoms with van der Waals surface area (Å²) < 4.78 is 7.01. The van der Waals surface area contributed by atoms with Crippen molar-refractivity contribution in [1.29, 1.82) is 0 Å². The molecule has 112 valence electrons. The molecule has 0 radical (unpaired) electrons. The molecule has 2 nitrogen and oxygen atoms in total. The van der Waals surface area contributed by atoms with Crippen LogP contribution >= 0.6 is 15.9 Å². The van der Waals surface area contributed by atoms with Crippen molar-refractivity contribution in [2.24, 2.45) is 0 Å². The van der Waals surface area contributed by atoms with Gasteiger partial charge < -0.3 is 10.1 Å². The van der Waals surface area contributed by atoms with E-state index in [0.717, 1.165) is 28.9 Å². The van der Waals surface area contributed by atoms with E-state index in [4.69, 9.17) is 4.74 Å². The first-order chi connectivity index (χ1) is 10.1. The van der Waals surface area contributed by atoms with Gasteiger partial charge in [0.05, 0.1) is 0 Å². The zero-order chi connectivity index (χ0) is 15.2. The number of nitrogens with one attached hydrogen (secondary N) is 1. The molecule has 0 aliphatic rings. The third-order valence-electron chi connectivity index (χ3n) is 3.29. The van der Waals surface area contributed by atoms with Gasteiger partial charge in [-0.15, -0.1) is 0 Å². The summed E-state index contributed by atoms with van der Waals surface area (Å²) in [5.74, 6) is 0.927. The highest BCUT2D eigenvalue weighted by molar-refractivity contribution is 9.10. The monoisotopic (exact) mass is 347 g/mol. The number of ether oxygens (including phenoxy) is 1. The van der Waals surface area contributed by atoms with Gasteiger partial charge in [-0.2, -0.15) is 0 Å². The van der Waals surface area contributed by atoms with Crippen LogP contribution in [-0.4, -0.2) is 6.54 Å². The molecule has 2 aromatic carbocycles. The van der Waals surface area contributed by atoms with Crippen molar-refractivity contribution in [2.45, 2.75) is 33.9 Å². The highest BCUT2D eigenvalue weighted by Crippen LogP contribution is 2.22. The van der Waals surface area contributed by atoms with Crippen LogP contribution in [0.4, 0.5) is 0 Å². The Kier molecular flexibility index (Phi) is 5.83. The number of aryl methyl sites for hydroxylation is 2. The average molecular weight is 348 g/mol. The van der Waals surface area contributed by atoms with E-state index in [1.54, 1.807) is 0 Å². The van der Waals surface area contributed by atoms with Gasteiger partial charge in [0.1, 0.15) is 12.4 Å². The summed E-state index contributed by atoms with van der Waals surface area (Å²) in [5.41, 5.74) is 4.89. The lowest BCUT2D eigenvalue weighted by Gasteiger charge is -2.11. The minimum absolute atomic E-state index is 0.574. The molecule has 0 heterocycles. The maximum Gasteiger partial charge on any atom is 0.120 e. The van der Waals surface area contributed by atoms with E-state index in [1.165, 1.54) is 16.7 Å². The molecule has 0 bridgehead atoms. The lowest BCUT2D eigenvalue weighted by Crippen LogP contribution is -2.11. The Morgan fingerprint density at radius 2 is 1.76 bits per heavy atom. The zero-order valence-corrected chi connectivity index (χ0v) is 14.5. The number of benzene rings is 2. The number of hydrogen-bond acceptors (Lipinski definition) is 2. The first kappa shape index (κ1) is 16.1. The Morgan fingerprint density at radius 3 is 2.38 bits per heavy atom. The fraction of sp³-hybridized carbons (Fsp3) is 0.333. The molecule has 0 aliphatic carbocycles. The molecule has 21 heavy (non-hydrogen) atoms. The molecule has 1 N–H and O–H groups in total. The Morgan fingerprint density at radius 1 is 1.05 bits per heavy atom. The highest BCUT2D eigenvalue weighted by Gasteiger charge is 2.04. The van der Waals surface area contributed by atoms with Crippen LogP contribution in [0.15, 0.2) is 40.9 Å². The molecule has 0 unspecified atom stereocenters. The van der Waals surface area contributed by atoms with E-state index in [0.29, 0.717) is 6.61 Å². The van der Waals surface area contributed by atoms with Crippen LogP contribution in [-0.2, 0) is 13.2 Å². The lowest BCUT2D eigenvalue weighted by molar-refractivity contribution is 0.305. The number of hydrogen-bond donors (Lipinski definition) is 1. The van der Waals surface area contributed by atoms with Crippen molar-refractivity contribution < 1.29 is 4.74 Å². The standard InChI is InChI=1S/C18H22BrNO/c1-4-20-11-15-5-6-16(18(19)10-15)12-21-17-8-13(2)7-14(3)9-17/h5-10,20H,4,11-12H2,1-3H3. The molecular weight excluding hydrogens is 326 g/mol. The predicted octanol–water partition coefficient (Wildman–Crippen LogP) is 4.75. The van der Waals surface area contributed by atoms with Crippen LogP contribution in [0.25, 0.3) is 0 Å². The molecule has 0 amide bonds. The normalized spacial score (nSPS) is 10.7. The zero-order valence-electron chi connectivity index (χ0n) is 12.9. The van der Waals surface area contributed by atoms with E-state index in [-0.39, 0.29) is 0 Å². The van der Waals surface area contributed by atoms with Crippen molar-refractivity contribution in [3.8, 4) is 5.75 Å². The van der Waals surface area contributed by atoms with Gasteiger partial charge in [-0.25, -0.2) is 0 Å². The first-order valence-corrected chi connectivity index (χ1v) is 8.07. The molecule has 0 spiro atoms. The van der Waals surface area contributed by atoms with Crippen LogP contribution in [0.3, 0.4) is 0 Å². The smallest absolute Gasteiger partial charge is 0.120 e. The Bertz CT molecular complexity index is 590. The Labute approximate surface area is 135 Å². The summed E-state index contributed by atoms with van der Waals surface area (Å²) in [6, 6.07) is 12.7. The van der Waals surface area contributed by atoms with Crippen molar-refractivity contribution in [2.75, 3.05) is 6.54 Å². The second-order valence-electron chi connectivity index (χ2n) is 5.32. The topological polar surface area (TPSA) is 21.3 Å². The third kappa shape index (κ3) is 4.87. The van der Waals surface area contributed by atoms with Gasteiger partial charge in [-0.3, -0.25) is 0 Å². The van der Waals surface area contributed by atoms with Gasteiger partial charge in [0, 0.05) is 16.6 Å². The summed E-state index contributed by atoms with van der Waals surface area (Å²) in [4.78, 5) is 0. The summed E-state index contributed by atoms with van der Waals surface area (Å²) in [6.45, 7) is 8.74. The molecule has 2 rings (SSSR count). The molecule has 0 saturated heterocycles.